The number of hydrogen-bond donors (Lipinski definition) is 6. The van der Waals surface area contributed by atoms with Crippen LogP contribution in [-0.2, 0) is 49.3 Å². The molecule has 0 aliphatic carbocycles. The van der Waals surface area contributed by atoms with Gasteiger partial charge in [0, 0.05) is 50.8 Å². The Morgan fingerprint density at radius 1 is 0.542 bits per heavy atom. The van der Waals surface area contributed by atoms with E-state index in [-0.39, 0.29) is 37.2 Å². The largest absolute Gasteiger partial charge is 0.488 e. The molecule has 1 atom stereocenters. The number of nitrogens with one attached hydrogen (secondary N) is 3. The van der Waals surface area contributed by atoms with Gasteiger partial charge in [-0.1, -0.05) is 121 Å². The number of rotatable bonds is 49. The summed E-state index contributed by atoms with van der Waals surface area (Å²) >= 11 is 0. The Labute approximate surface area is 431 Å². The molecular formula is C54H91BN4O13. The van der Waals surface area contributed by atoms with Crippen LogP contribution in [0.2, 0.25) is 0 Å². The molecule has 2 aromatic rings. The molecule has 0 aliphatic rings. The van der Waals surface area contributed by atoms with Crippen molar-refractivity contribution in [2.45, 2.75) is 148 Å². The number of carbonyl (C=O) groups is 4. The summed E-state index contributed by atoms with van der Waals surface area (Å²) in [6.07, 6.45) is 21.4. The molecule has 0 saturated heterocycles. The van der Waals surface area contributed by atoms with Crippen molar-refractivity contribution in [3.63, 3.8) is 0 Å². The van der Waals surface area contributed by atoms with E-state index in [2.05, 4.69) is 22.9 Å². The van der Waals surface area contributed by atoms with E-state index in [4.69, 9.17) is 28.4 Å². The molecule has 408 valence electrons. The first-order chi connectivity index (χ1) is 35.1. The molecule has 72 heavy (non-hydrogen) atoms. The van der Waals surface area contributed by atoms with Crippen LogP contribution in [0.1, 0.15) is 151 Å². The van der Waals surface area contributed by atoms with Crippen LogP contribution in [0.5, 0.6) is 0 Å². The Balaban J connectivity index is 1.31. The quantitative estimate of drug-likeness (QED) is 0.0315. The number of ether oxygens (including phenoxy) is 6. The van der Waals surface area contributed by atoms with Gasteiger partial charge in [0.25, 0.3) is 5.91 Å². The fraction of sp³-hybridized carbons (Fsp3) is 0.704. The van der Waals surface area contributed by atoms with Gasteiger partial charge in [-0.05, 0) is 61.0 Å². The molecule has 0 radical (unpaired) electrons. The zero-order valence-electron chi connectivity index (χ0n) is 43.9. The van der Waals surface area contributed by atoms with Crippen molar-refractivity contribution in [2.75, 3.05) is 104 Å². The van der Waals surface area contributed by atoms with Crippen LogP contribution in [0.4, 0.5) is 5.69 Å². The molecule has 0 fully saturated rings. The van der Waals surface area contributed by atoms with Crippen molar-refractivity contribution in [1.29, 1.82) is 0 Å². The highest BCUT2D eigenvalue weighted by atomic mass is 16.6. The third-order valence-electron chi connectivity index (χ3n) is 12.1. The minimum absolute atomic E-state index is 0.0412. The summed E-state index contributed by atoms with van der Waals surface area (Å²) in [4.78, 5) is 50.8. The van der Waals surface area contributed by atoms with Gasteiger partial charge in [0.1, 0.15) is 6.04 Å². The SMILES string of the molecule is CCCCCCCCCCCCCCCCCC(=O)NCCCCC(NC(=O)CCOCCOCCOCCOCCOCCOCCNC(=O)c1ccc(N(C)Cc2ccccc2B(O)O)cc1)C(=O)O. The van der Waals surface area contributed by atoms with Gasteiger partial charge in [-0.25, -0.2) is 4.79 Å². The monoisotopic (exact) mass is 1010 g/mol. The first-order valence-electron chi connectivity index (χ1n) is 26.9. The normalized spacial score (nSPS) is 11.6. The lowest BCUT2D eigenvalue weighted by molar-refractivity contribution is -0.142. The highest BCUT2D eigenvalue weighted by Crippen LogP contribution is 2.17. The molecule has 0 spiro atoms. The summed E-state index contributed by atoms with van der Waals surface area (Å²) in [6, 6.07) is 13.4. The molecule has 1 unspecified atom stereocenters. The second-order valence-electron chi connectivity index (χ2n) is 18.2. The Hall–Kier alpha value is -4.14. The fourth-order valence-electron chi connectivity index (χ4n) is 7.82. The first-order valence-corrected chi connectivity index (χ1v) is 26.9. The first kappa shape index (κ1) is 64.0. The number of anilines is 1. The van der Waals surface area contributed by atoms with Gasteiger partial charge in [0.05, 0.1) is 79.3 Å². The average Bonchev–Trinajstić information content (AvgIpc) is 3.37. The summed E-state index contributed by atoms with van der Waals surface area (Å²) < 4.78 is 33.0. The summed E-state index contributed by atoms with van der Waals surface area (Å²) in [5.41, 5.74) is 2.67. The van der Waals surface area contributed by atoms with E-state index in [0.29, 0.717) is 123 Å². The number of amides is 3. The van der Waals surface area contributed by atoms with Gasteiger partial charge < -0.3 is 64.4 Å². The molecule has 3 amide bonds. The van der Waals surface area contributed by atoms with Crippen LogP contribution in [0, 0.1) is 0 Å². The van der Waals surface area contributed by atoms with Crippen LogP contribution in [0.15, 0.2) is 48.5 Å². The lowest BCUT2D eigenvalue weighted by Gasteiger charge is -2.21. The summed E-state index contributed by atoms with van der Waals surface area (Å²) in [7, 11) is 0.354. The van der Waals surface area contributed by atoms with E-state index < -0.39 is 19.1 Å². The predicted octanol–water partition coefficient (Wildman–Crippen LogP) is 6.34. The topological polar surface area (TPSA) is 224 Å². The fourth-order valence-corrected chi connectivity index (χ4v) is 7.82. The van der Waals surface area contributed by atoms with Crippen molar-refractivity contribution in [2.24, 2.45) is 0 Å². The molecule has 0 aliphatic heterocycles. The number of hydrogen-bond acceptors (Lipinski definition) is 13. The molecule has 0 saturated carbocycles. The van der Waals surface area contributed by atoms with Gasteiger partial charge in [0.15, 0.2) is 0 Å². The lowest BCUT2D eigenvalue weighted by atomic mass is 9.77. The summed E-state index contributed by atoms with van der Waals surface area (Å²) in [6.45, 7) is 7.89. The number of carboxylic acid groups (broad SMARTS) is 1. The van der Waals surface area contributed by atoms with Crippen molar-refractivity contribution in [3.05, 3.63) is 59.7 Å². The highest BCUT2D eigenvalue weighted by molar-refractivity contribution is 6.59. The van der Waals surface area contributed by atoms with Crippen molar-refractivity contribution >= 4 is 42.0 Å². The van der Waals surface area contributed by atoms with Crippen LogP contribution in [0.25, 0.3) is 0 Å². The Morgan fingerprint density at radius 3 is 1.54 bits per heavy atom. The number of nitrogens with zero attached hydrogens (tertiary/aromatic N) is 1. The number of carbonyl (C=O) groups excluding carboxylic acids is 3. The van der Waals surface area contributed by atoms with E-state index in [0.717, 1.165) is 24.1 Å². The molecule has 2 rings (SSSR count). The Kier molecular flexibility index (Phi) is 39.4. The van der Waals surface area contributed by atoms with Gasteiger partial charge in [0.2, 0.25) is 11.8 Å². The highest BCUT2D eigenvalue weighted by Gasteiger charge is 2.20. The molecule has 0 aromatic heterocycles. The summed E-state index contributed by atoms with van der Waals surface area (Å²) in [5, 5.41) is 37.2. The van der Waals surface area contributed by atoms with Gasteiger partial charge >= 0.3 is 13.1 Å². The third-order valence-corrected chi connectivity index (χ3v) is 12.1. The zero-order chi connectivity index (χ0) is 52.1. The maximum absolute atomic E-state index is 12.6. The predicted molar refractivity (Wildman–Crippen MR) is 283 cm³/mol. The Morgan fingerprint density at radius 2 is 1.03 bits per heavy atom. The van der Waals surface area contributed by atoms with E-state index >= 15 is 0 Å². The number of unbranched alkanes of at least 4 members (excludes halogenated alkanes) is 15. The zero-order valence-corrected chi connectivity index (χ0v) is 43.9. The maximum Gasteiger partial charge on any atom is 0.488 e. The Bertz CT molecular complexity index is 1680. The van der Waals surface area contributed by atoms with Crippen LogP contribution in [-0.4, -0.2) is 151 Å². The minimum atomic E-state index is -1.54. The molecule has 6 N–H and O–H groups in total. The average molecular weight is 1020 g/mol. The van der Waals surface area contributed by atoms with Gasteiger partial charge in [-0.15, -0.1) is 0 Å². The third kappa shape index (κ3) is 34.3. The molecule has 0 heterocycles. The lowest BCUT2D eigenvalue weighted by Crippen LogP contribution is -2.41. The van der Waals surface area contributed by atoms with E-state index in [1.165, 1.54) is 83.5 Å². The minimum Gasteiger partial charge on any atom is -0.480 e. The molecule has 17 nitrogen and oxygen atoms in total. The molecule has 18 heteroatoms. The second kappa shape index (κ2) is 44.4. The number of aliphatic carboxylic acids is 1. The maximum atomic E-state index is 12.6. The smallest absolute Gasteiger partial charge is 0.480 e. The van der Waals surface area contributed by atoms with E-state index in [9.17, 15) is 34.3 Å². The molecular weight excluding hydrogens is 923 g/mol. The van der Waals surface area contributed by atoms with Crippen molar-refractivity contribution in [1.82, 2.24) is 16.0 Å². The van der Waals surface area contributed by atoms with E-state index in [1.807, 2.05) is 36.2 Å². The number of benzene rings is 2. The molecule has 0 bridgehead atoms. The van der Waals surface area contributed by atoms with Gasteiger partial charge in [-0.3, -0.25) is 14.4 Å². The van der Waals surface area contributed by atoms with Crippen LogP contribution >= 0.6 is 0 Å². The van der Waals surface area contributed by atoms with Crippen LogP contribution < -0.4 is 26.3 Å². The van der Waals surface area contributed by atoms with Crippen molar-refractivity contribution in [3.8, 4) is 0 Å². The summed E-state index contributed by atoms with van der Waals surface area (Å²) in [5.74, 6) is -1.63. The second-order valence-corrected chi connectivity index (χ2v) is 18.2. The molecule has 2 aromatic carbocycles. The standard InChI is InChI=1S/C54H91BN4O13/c1-3-4-5-6-7-8-9-10-11-12-13-14-15-16-17-25-51(60)56-31-21-20-24-50(54(63)64)58-52(61)30-33-67-35-37-69-39-41-71-43-44-72-42-40-70-38-36-68-34-32-57-53(62)46-26-28-48(29-27-46)59(2)45-47-22-18-19-23-49(47)55(65)66/h18-19,22-23,26-29,50,65-66H,3-17,20-21,24-25,30-45H2,1-2H3,(H,56,60)(H,57,62)(H,58,61)(H,63,64). The van der Waals surface area contributed by atoms with E-state index in [1.54, 1.807) is 24.3 Å². The van der Waals surface area contributed by atoms with Crippen LogP contribution in [0.3, 0.4) is 0 Å². The number of carboxylic acids is 1. The van der Waals surface area contributed by atoms with Crippen molar-refractivity contribution < 1.29 is 62.8 Å². The van der Waals surface area contributed by atoms with Gasteiger partial charge in [-0.2, -0.15) is 0 Å².